The zero-order valence-electron chi connectivity index (χ0n) is 16.1. The molecule has 0 aliphatic carbocycles. The second kappa shape index (κ2) is 7.51. The van der Waals surface area contributed by atoms with Crippen LogP contribution < -0.4 is 5.56 Å². The Kier molecular flexibility index (Phi) is 4.82. The SMILES string of the molecule is Cc1ccc(-c2sc(=S)n3c4ccccc4c(=O)n(Cc4ccccc4Cl)c23)cc1. The van der Waals surface area contributed by atoms with Crippen LogP contribution in [0.25, 0.3) is 27.0 Å². The molecule has 3 aromatic carbocycles. The molecule has 6 heteroatoms. The summed E-state index contributed by atoms with van der Waals surface area (Å²) in [6.07, 6.45) is 0. The van der Waals surface area contributed by atoms with Gasteiger partial charge in [-0.1, -0.05) is 71.8 Å². The van der Waals surface area contributed by atoms with Gasteiger partial charge in [-0.3, -0.25) is 13.8 Å². The maximum absolute atomic E-state index is 13.6. The number of aryl methyl sites for hydroxylation is 1. The van der Waals surface area contributed by atoms with E-state index < -0.39 is 0 Å². The number of nitrogens with zero attached hydrogens (tertiary/aromatic N) is 2. The van der Waals surface area contributed by atoms with E-state index in [4.69, 9.17) is 23.8 Å². The van der Waals surface area contributed by atoms with Crippen LogP contribution >= 0.6 is 35.2 Å². The van der Waals surface area contributed by atoms with Crippen molar-refractivity contribution in [3.05, 3.63) is 103 Å². The molecule has 0 unspecified atom stereocenters. The Labute approximate surface area is 187 Å². The molecule has 30 heavy (non-hydrogen) atoms. The van der Waals surface area contributed by atoms with E-state index in [1.54, 1.807) is 4.57 Å². The molecule has 0 saturated heterocycles. The number of thiazole rings is 1. The van der Waals surface area contributed by atoms with E-state index in [1.165, 1.54) is 16.9 Å². The van der Waals surface area contributed by atoms with Gasteiger partial charge in [0.05, 0.1) is 22.3 Å². The van der Waals surface area contributed by atoms with E-state index in [2.05, 4.69) is 31.2 Å². The molecule has 3 nitrogen and oxygen atoms in total. The van der Waals surface area contributed by atoms with Gasteiger partial charge < -0.3 is 0 Å². The lowest BCUT2D eigenvalue weighted by atomic mass is 10.1. The highest BCUT2D eigenvalue weighted by Crippen LogP contribution is 2.34. The van der Waals surface area contributed by atoms with Crippen LogP contribution in [0.4, 0.5) is 0 Å². The highest BCUT2D eigenvalue weighted by Gasteiger charge is 2.18. The van der Waals surface area contributed by atoms with Gasteiger partial charge in [-0.05, 0) is 48.5 Å². The molecule has 5 aromatic rings. The smallest absolute Gasteiger partial charge is 0.261 e. The first-order valence-corrected chi connectivity index (χ1v) is 11.1. The van der Waals surface area contributed by atoms with Crippen molar-refractivity contribution >= 4 is 51.7 Å². The second-order valence-electron chi connectivity index (χ2n) is 7.22. The van der Waals surface area contributed by atoms with E-state index in [0.717, 1.165) is 27.2 Å². The Hall–Kier alpha value is -2.73. The number of hydrogen-bond donors (Lipinski definition) is 0. The zero-order valence-corrected chi connectivity index (χ0v) is 18.5. The summed E-state index contributed by atoms with van der Waals surface area (Å²) < 4.78 is 4.53. The van der Waals surface area contributed by atoms with Gasteiger partial charge in [-0.2, -0.15) is 0 Å². The molecule has 0 aliphatic rings. The van der Waals surface area contributed by atoms with Crippen LogP contribution in [-0.2, 0) is 6.54 Å². The average molecular weight is 449 g/mol. The van der Waals surface area contributed by atoms with E-state index in [-0.39, 0.29) is 5.56 Å². The Morgan fingerprint density at radius 1 is 0.967 bits per heavy atom. The first kappa shape index (κ1) is 19.2. The molecular weight excluding hydrogens is 432 g/mol. The van der Waals surface area contributed by atoms with Crippen LogP contribution in [0.2, 0.25) is 5.02 Å². The van der Waals surface area contributed by atoms with Crippen molar-refractivity contribution in [1.82, 2.24) is 8.97 Å². The lowest BCUT2D eigenvalue weighted by Crippen LogP contribution is -2.23. The normalized spacial score (nSPS) is 11.4. The molecule has 0 N–H and O–H groups in total. The predicted molar refractivity (Wildman–Crippen MR) is 129 cm³/mol. The number of fused-ring (bicyclic) bond motifs is 3. The predicted octanol–water partition coefficient (Wildman–Crippen LogP) is 6.72. The fourth-order valence-electron chi connectivity index (χ4n) is 3.75. The van der Waals surface area contributed by atoms with Crippen LogP contribution in [-0.4, -0.2) is 8.97 Å². The molecule has 2 heterocycles. The maximum Gasteiger partial charge on any atom is 0.261 e. The standard InChI is InChI=1S/C24H17ClN2OS2/c1-15-10-12-16(13-11-15)21-22-26(14-17-6-2-4-8-19(17)25)23(28)18-7-3-5-9-20(18)27(22)24(29)30-21/h2-13H,14H2,1H3. The molecule has 0 amide bonds. The van der Waals surface area contributed by atoms with Crippen LogP contribution in [0, 0.1) is 10.9 Å². The van der Waals surface area contributed by atoms with E-state index >= 15 is 0 Å². The summed E-state index contributed by atoms with van der Waals surface area (Å²) >= 11 is 13.7. The second-order valence-corrected chi connectivity index (χ2v) is 9.27. The number of benzene rings is 3. The zero-order chi connectivity index (χ0) is 20.8. The summed E-state index contributed by atoms with van der Waals surface area (Å²) in [5.74, 6) is 0. The third-order valence-corrected chi connectivity index (χ3v) is 7.04. The van der Waals surface area contributed by atoms with Gasteiger partial charge in [0.15, 0.2) is 3.95 Å². The molecule has 0 atom stereocenters. The summed E-state index contributed by atoms with van der Waals surface area (Å²) in [5, 5.41) is 1.28. The van der Waals surface area contributed by atoms with Crippen molar-refractivity contribution < 1.29 is 0 Å². The first-order chi connectivity index (χ1) is 14.5. The van der Waals surface area contributed by atoms with E-state index in [9.17, 15) is 4.79 Å². The lowest BCUT2D eigenvalue weighted by molar-refractivity contribution is 0.781. The third-order valence-electron chi connectivity index (χ3n) is 5.26. The molecule has 0 spiro atoms. The molecule has 0 fully saturated rings. The number of rotatable bonds is 3. The molecule has 148 valence electrons. The summed E-state index contributed by atoms with van der Waals surface area (Å²) in [6.45, 7) is 2.43. The average Bonchev–Trinajstić information content (AvgIpc) is 3.10. The molecular formula is C24H17ClN2OS2. The van der Waals surface area contributed by atoms with Gasteiger partial charge in [-0.25, -0.2) is 0 Å². The minimum Gasteiger partial charge on any atom is -0.288 e. The van der Waals surface area contributed by atoms with Crippen molar-refractivity contribution in [3.8, 4) is 10.4 Å². The number of hydrogen-bond acceptors (Lipinski definition) is 3. The van der Waals surface area contributed by atoms with Crippen LogP contribution in [0.1, 0.15) is 11.1 Å². The fraction of sp³-hybridized carbons (Fsp3) is 0.0833. The summed E-state index contributed by atoms with van der Waals surface area (Å²) in [6, 6.07) is 23.6. The molecule has 0 bridgehead atoms. The van der Waals surface area contributed by atoms with Crippen molar-refractivity contribution in [2.24, 2.45) is 0 Å². The van der Waals surface area contributed by atoms with Crippen LogP contribution in [0.5, 0.6) is 0 Å². The lowest BCUT2D eigenvalue weighted by Gasteiger charge is -2.14. The van der Waals surface area contributed by atoms with Crippen LogP contribution in [0.15, 0.2) is 77.6 Å². The van der Waals surface area contributed by atoms with Gasteiger partial charge in [0.1, 0.15) is 5.65 Å². The quantitative estimate of drug-likeness (QED) is 0.286. The first-order valence-electron chi connectivity index (χ1n) is 9.52. The van der Waals surface area contributed by atoms with Crippen LogP contribution in [0.3, 0.4) is 0 Å². The Balaban J connectivity index is 1.92. The van der Waals surface area contributed by atoms with E-state index in [0.29, 0.717) is 20.9 Å². The van der Waals surface area contributed by atoms with Gasteiger partial charge in [0.2, 0.25) is 0 Å². The largest absolute Gasteiger partial charge is 0.288 e. The topological polar surface area (TPSA) is 26.4 Å². The summed E-state index contributed by atoms with van der Waals surface area (Å²) in [7, 11) is 0. The summed E-state index contributed by atoms with van der Waals surface area (Å²) in [5.41, 5.74) is 4.70. The number of para-hydroxylation sites is 1. The van der Waals surface area contributed by atoms with Crippen molar-refractivity contribution in [2.75, 3.05) is 0 Å². The van der Waals surface area contributed by atoms with Gasteiger partial charge in [0.25, 0.3) is 5.56 Å². The Bertz CT molecular complexity index is 1530. The molecule has 0 aliphatic heterocycles. The highest BCUT2D eigenvalue weighted by atomic mass is 35.5. The number of aromatic nitrogens is 2. The Morgan fingerprint density at radius 2 is 1.67 bits per heavy atom. The minimum absolute atomic E-state index is 0.0494. The van der Waals surface area contributed by atoms with E-state index in [1.807, 2.05) is 52.9 Å². The monoisotopic (exact) mass is 448 g/mol. The maximum atomic E-state index is 13.6. The third kappa shape index (κ3) is 3.10. The van der Waals surface area contributed by atoms with Crippen molar-refractivity contribution in [3.63, 3.8) is 0 Å². The van der Waals surface area contributed by atoms with Gasteiger partial charge in [-0.15, -0.1) is 11.3 Å². The molecule has 0 saturated carbocycles. The molecule has 5 rings (SSSR count). The fourth-order valence-corrected chi connectivity index (χ4v) is 5.38. The highest BCUT2D eigenvalue weighted by molar-refractivity contribution is 7.73. The van der Waals surface area contributed by atoms with Crippen molar-refractivity contribution in [2.45, 2.75) is 13.5 Å². The van der Waals surface area contributed by atoms with Gasteiger partial charge >= 0.3 is 0 Å². The summed E-state index contributed by atoms with van der Waals surface area (Å²) in [4.78, 5) is 14.6. The molecule has 0 radical (unpaired) electrons. The molecule has 2 aromatic heterocycles. The minimum atomic E-state index is -0.0494. The van der Waals surface area contributed by atoms with Crippen molar-refractivity contribution in [1.29, 1.82) is 0 Å². The number of halogens is 1. The van der Waals surface area contributed by atoms with Gasteiger partial charge in [0, 0.05) is 5.02 Å². The Morgan fingerprint density at radius 3 is 2.43 bits per heavy atom.